The number of hydrogen-bond acceptors (Lipinski definition) is 3. The monoisotopic (exact) mass is 293 g/mol. The standard InChI is InChI=1S/C19H19NO2/c1-3-20(4-2)15-10-11-16-17(14-8-6-5-7-9-14)13-19(21)22-18(16)12-15/h5-13H,3-4H2,1-2H3. The van der Waals surface area contributed by atoms with Crippen molar-refractivity contribution in [3.05, 3.63) is 65.0 Å². The van der Waals surface area contributed by atoms with E-state index in [1.165, 1.54) is 0 Å². The number of anilines is 1. The Bertz CT molecular complexity index is 833. The fraction of sp³-hybridized carbons (Fsp3) is 0.211. The van der Waals surface area contributed by atoms with E-state index < -0.39 is 0 Å². The second-order valence-electron chi connectivity index (χ2n) is 5.20. The van der Waals surface area contributed by atoms with Crippen molar-refractivity contribution in [2.24, 2.45) is 0 Å². The fourth-order valence-corrected chi connectivity index (χ4v) is 2.79. The van der Waals surface area contributed by atoms with Gasteiger partial charge in [-0.1, -0.05) is 30.3 Å². The van der Waals surface area contributed by atoms with Crippen LogP contribution in [0.2, 0.25) is 0 Å². The van der Waals surface area contributed by atoms with Gasteiger partial charge < -0.3 is 9.32 Å². The molecule has 2 aromatic carbocycles. The van der Waals surface area contributed by atoms with Gasteiger partial charge >= 0.3 is 5.63 Å². The van der Waals surface area contributed by atoms with Gasteiger partial charge in [-0.2, -0.15) is 0 Å². The maximum atomic E-state index is 11.9. The molecule has 0 unspecified atom stereocenters. The summed E-state index contributed by atoms with van der Waals surface area (Å²) in [5.41, 5.74) is 3.33. The number of nitrogens with zero attached hydrogens (tertiary/aromatic N) is 1. The molecule has 1 aromatic heterocycles. The van der Waals surface area contributed by atoms with Crippen LogP contribution in [0.5, 0.6) is 0 Å². The molecule has 3 rings (SSSR count). The van der Waals surface area contributed by atoms with Crippen molar-refractivity contribution in [2.75, 3.05) is 18.0 Å². The fourth-order valence-electron chi connectivity index (χ4n) is 2.79. The summed E-state index contributed by atoms with van der Waals surface area (Å²) in [6.45, 7) is 6.07. The second-order valence-corrected chi connectivity index (χ2v) is 5.20. The van der Waals surface area contributed by atoms with E-state index in [4.69, 9.17) is 4.42 Å². The highest BCUT2D eigenvalue weighted by molar-refractivity contribution is 5.94. The summed E-state index contributed by atoms with van der Waals surface area (Å²) in [6.07, 6.45) is 0. The quantitative estimate of drug-likeness (QED) is 0.672. The Morgan fingerprint density at radius 2 is 1.68 bits per heavy atom. The van der Waals surface area contributed by atoms with Crippen molar-refractivity contribution < 1.29 is 4.42 Å². The highest BCUT2D eigenvalue weighted by Gasteiger charge is 2.10. The van der Waals surface area contributed by atoms with Crippen LogP contribution in [-0.4, -0.2) is 13.1 Å². The van der Waals surface area contributed by atoms with E-state index in [1.807, 2.05) is 42.5 Å². The Hall–Kier alpha value is -2.55. The molecule has 0 aliphatic heterocycles. The molecule has 0 atom stereocenters. The predicted octanol–water partition coefficient (Wildman–Crippen LogP) is 4.31. The zero-order chi connectivity index (χ0) is 15.5. The number of benzene rings is 2. The van der Waals surface area contributed by atoms with Crippen molar-refractivity contribution in [2.45, 2.75) is 13.8 Å². The molecule has 0 amide bonds. The van der Waals surface area contributed by atoms with Crippen molar-refractivity contribution in [1.82, 2.24) is 0 Å². The third-order valence-electron chi connectivity index (χ3n) is 3.94. The normalized spacial score (nSPS) is 10.8. The Kier molecular flexibility index (Phi) is 3.96. The zero-order valence-electron chi connectivity index (χ0n) is 12.9. The summed E-state index contributed by atoms with van der Waals surface area (Å²) in [7, 11) is 0. The summed E-state index contributed by atoms with van der Waals surface area (Å²) in [5.74, 6) is 0. The summed E-state index contributed by atoms with van der Waals surface area (Å²) < 4.78 is 5.42. The van der Waals surface area contributed by atoms with Crippen molar-refractivity contribution >= 4 is 16.7 Å². The van der Waals surface area contributed by atoms with Gasteiger partial charge in [-0.3, -0.25) is 0 Å². The van der Waals surface area contributed by atoms with Crippen LogP contribution in [0.1, 0.15) is 13.8 Å². The van der Waals surface area contributed by atoms with E-state index in [2.05, 4.69) is 24.8 Å². The van der Waals surface area contributed by atoms with Gasteiger partial charge in [0.15, 0.2) is 0 Å². The molecule has 0 aliphatic carbocycles. The van der Waals surface area contributed by atoms with Gasteiger partial charge in [0.25, 0.3) is 0 Å². The number of rotatable bonds is 4. The molecule has 22 heavy (non-hydrogen) atoms. The Morgan fingerprint density at radius 3 is 2.36 bits per heavy atom. The molecule has 0 saturated heterocycles. The van der Waals surface area contributed by atoms with Gasteiger partial charge in [0.1, 0.15) is 5.58 Å². The predicted molar refractivity (Wildman–Crippen MR) is 91.5 cm³/mol. The highest BCUT2D eigenvalue weighted by Crippen LogP contribution is 2.29. The first kappa shape index (κ1) is 14.4. The van der Waals surface area contributed by atoms with Crippen LogP contribution < -0.4 is 10.5 Å². The maximum absolute atomic E-state index is 11.9. The average Bonchev–Trinajstić information content (AvgIpc) is 2.55. The van der Waals surface area contributed by atoms with Crippen LogP contribution in [0.25, 0.3) is 22.1 Å². The molecule has 0 N–H and O–H groups in total. The van der Waals surface area contributed by atoms with Crippen LogP contribution >= 0.6 is 0 Å². The molecular weight excluding hydrogens is 274 g/mol. The van der Waals surface area contributed by atoms with E-state index in [9.17, 15) is 4.79 Å². The molecule has 112 valence electrons. The molecule has 0 spiro atoms. The Morgan fingerprint density at radius 1 is 0.955 bits per heavy atom. The SMILES string of the molecule is CCN(CC)c1ccc2c(-c3ccccc3)cc(=O)oc2c1. The smallest absolute Gasteiger partial charge is 0.336 e. The van der Waals surface area contributed by atoms with Gasteiger partial charge in [0.05, 0.1) is 0 Å². The first-order chi connectivity index (χ1) is 10.7. The van der Waals surface area contributed by atoms with Crippen LogP contribution in [-0.2, 0) is 0 Å². The van der Waals surface area contributed by atoms with Crippen molar-refractivity contribution in [3.8, 4) is 11.1 Å². The lowest BCUT2D eigenvalue weighted by molar-refractivity contribution is 0.561. The van der Waals surface area contributed by atoms with Crippen LogP contribution in [0.4, 0.5) is 5.69 Å². The van der Waals surface area contributed by atoms with E-state index in [0.29, 0.717) is 5.58 Å². The molecule has 0 bridgehead atoms. The molecule has 1 heterocycles. The molecule has 3 aromatic rings. The second kappa shape index (κ2) is 6.06. The van der Waals surface area contributed by atoms with Gasteiger partial charge in [-0.15, -0.1) is 0 Å². The van der Waals surface area contributed by atoms with E-state index in [0.717, 1.165) is 35.3 Å². The number of hydrogen-bond donors (Lipinski definition) is 0. The highest BCUT2D eigenvalue weighted by atomic mass is 16.4. The summed E-state index contributed by atoms with van der Waals surface area (Å²) in [6, 6.07) is 17.6. The Labute approximate surface area is 129 Å². The molecule has 0 radical (unpaired) electrons. The Balaban J connectivity index is 2.22. The lowest BCUT2D eigenvalue weighted by atomic mass is 10.0. The lowest BCUT2D eigenvalue weighted by Crippen LogP contribution is -2.21. The van der Waals surface area contributed by atoms with Gasteiger partial charge in [0.2, 0.25) is 0 Å². The molecule has 0 aliphatic rings. The first-order valence-electron chi connectivity index (χ1n) is 7.61. The molecular formula is C19H19NO2. The van der Waals surface area contributed by atoms with E-state index in [-0.39, 0.29) is 5.63 Å². The van der Waals surface area contributed by atoms with Crippen LogP contribution in [0.3, 0.4) is 0 Å². The largest absolute Gasteiger partial charge is 0.423 e. The van der Waals surface area contributed by atoms with Gasteiger partial charge in [-0.05, 0) is 37.1 Å². The minimum atomic E-state index is -0.317. The molecule has 0 saturated carbocycles. The third-order valence-corrected chi connectivity index (χ3v) is 3.94. The average molecular weight is 293 g/mol. The van der Waals surface area contributed by atoms with E-state index in [1.54, 1.807) is 6.07 Å². The van der Waals surface area contributed by atoms with Crippen LogP contribution in [0.15, 0.2) is 63.8 Å². The summed E-state index contributed by atoms with van der Waals surface area (Å²) in [5, 5.41) is 0.960. The van der Waals surface area contributed by atoms with Gasteiger partial charge in [-0.25, -0.2) is 4.79 Å². The minimum absolute atomic E-state index is 0.317. The molecule has 0 fully saturated rings. The number of fused-ring (bicyclic) bond motifs is 1. The lowest BCUT2D eigenvalue weighted by Gasteiger charge is -2.21. The zero-order valence-corrected chi connectivity index (χ0v) is 12.9. The summed E-state index contributed by atoms with van der Waals surface area (Å²) in [4.78, 5) is 14.1. The van der Waals surface area contributed by atoms with Gasteiger partial charge in [0, 0.05) is 36.3 Å². The van der Waals surface area contributed by atoms with Crippen molar-refractivity contribution in [1.29, 1.82) is 0 Å². The topological polar surface area (TPSA) is 33.5 Å². The first-order valence-corrected chi connectivity index (χ1v) is 7.61. The minimum Gasteiger partial charge on any atom is -0.423 e. The molecule has 3 heteroatoms. The van der Waals surface area contributed by atoms with Crippen molar-refractivity contribution in [3.63, 3.8) is 0 Å². The van der Waals surface area contributed by atoms with E-state index >= 15 is 0 Å². The third kappa shape index (κ3) is 2.62. The summed E-state index contributed by atoms with van der Waals surface area (Å²) >= 11 is 0. The molecule has 3 nitrogen and oxygen atoms in total. The van der Waals surface area contributed by atoms with Crippen LogP contribution in [0, 0.1) is 0 Å². The maximum Gasteiger partial charge on any atom is 0.336 e.